The number of hydrogen-bond donors (Lipinski definition) is 1. The number of carbonyl (C=O) groups excluding carboxylic acids is 3. The van der Waals surface area contributed by atoms with Crippen molar-refractivity contribution in [2.75, 3.05) is 31.6 Å². The molecule has 1 spiro atoms. The van der Waals surface area contributed by atoms with E-state index in [9.17, 15) is 19.5 Å². The van der Waals surface area contributed by atoms with Crippen molar-refractivity contribution in [1.82, 2.24) is 9.80 Å². The van der Waals surface area contributed by atoms with Crippen LogP contribution in [-0.2, 0) is 14.4 Å². The largest absolute Gasteiger partial charge is 0.394 e. The summed E-state index contributed by atoms with van der Waals surface area (Å²) < 4.78 is -0.735. The lowest BCUT2D eigenvalue weighted by atomic mass is 9.70. The van der Waals surface area contributed by atoms with Gasteiger partial charge in [0, 0.05) is 36.1 Å². The lowest BCUT2D eigenvalue weighted by molar-refractivity contribution is -0.145. The third-order valence-electron chi connectivity index (χ3n) is 8.60. The van der Waals surface area contributed by atoms with Crippen LogP contribution in [0.15, 0.2) is 49.6 Å². The van der Waals surface area contributed by atoms with E-state index in [1.807, 2.05) is 13.8 Å². The molecule has 3 aliphatic heterocycles. The number of anilines is 1. The topological polar surface area (TPSA) is 81.2 Å². The number of fused-ring (bicyclic) bond motifs is 1. The van der Waals surface area contributed by atoms with Crippen molar-refractivity contribution >= 4 is 46.8 Å². The number of carbonyl (C=O) groups is 3. The normalized spacial score (nSPS) is 29.1. The summed E-state index contributed by atoms with van der Waals surface area (Å²) in [5.74, 6) is -1.65. The lowest BCUT2D eigenvalue weighted by Gasteiger charge is -2.41. The number of aliphatic hydroxyl groups excluding tert-OH is 1. The van der Waals surface area contributed by atoms with Crippen molar-refractivity contribution in [1.29, 1.82) is 0 Å². The number of rotatable bonds is 11. The van der Waals surface area contributed by atoms with Crippen molar-refractivity contribution < 1.29 is 19.5 Å². The van der Waals surface area contributed by atoms with Crippen molar-refractivity contribution in [2.45, 2.75) is 55.2 Å². The Morgan fingerprint density at radius 1 is 1.24 bits per heavy atom. The average molecular weight is 560 g/mol. The maximum Gasteiger partial charge on any atom is 0.251 e. The Morgan fingerprint density at radius 3 is 2.47 bits per heavy atom. The average Bonchev–Trinajstić information content (AvgIpc) is 3.55. The van der Waals surface area contributed by atoms with Gasteiger partial charge in [-0.15, -0.1) is 24.9 Å². The molecule has 0 aromatic heterocycles. The molecular weight excluding hydrogens is 522 g/mol. The molecule has 3 aliphatic rings. The summed E-state index contributed by atoms with van der Waals surface area (Å²) >= 11 is 7.75. The minimum Gasteiger partial charge on any atom is -0.394 e. The fraction of sp³-hybridized carbons (Fsp3) is 0.552. The second kappa shape index (κ2) is 11.4. The first-order valence-electron chi connectivity index (χ1n) is 13.3. The van der Waals surface area contributed by atoms with Crippen LogP contribution in [0.5, 0.6) is 0 Å². The molecule has 206 valence electrons. The molecule has 1 aromatic carbocycles. The van der Waals surface area contributed by atoms with Crippen LogP contribution in [0, 0.1) is 17.8 Å². The third-order valence-corrected chi connectivity index (χ3v) is 10.8. The Hall–Kier alpha value is -2.29. The number of likely N-dealkylation sites (N-methyl/N-ethyl adjacent to an activating group) is 1. The van der Waals surface area contributed by atoms with Crippen molar-refractivity contribution in [3.63, 3.8) is 0 Å². The molecule has 38 heavy (non-hydrogen) atoms. The van der Waals surface area contributed by atoms with Crippen LogP contribution in [-0.4, -0.2) is 81.5 Å². The summed E-state index contributed by atoms with van der Waals surface area (Å²) in [6, 6.07) is 5.70. The number of hydrogen-bond acceptors (Lipinski definition) is 5. The van der Waals surface area contributed by atoms with E-state index in [4.69, 9.17) is 11.6 Å². The van der Waals surface area contributed by atoms with Gasteiger partial charge in [0.25, 0.3) is 5.91 Å². The van der Waals surface area contributed by atoms with E-state index in [0.29, 0.717) is 23.7 Å². The Kier molecular flexibility index (Phi) is 8.65. The molecule has 0 aliphatic carbocycles. The molecule has 1 N–H and O–H groups in total. The number of halogens is 1. The minimum atomic E-state index is -0.806. The zero-order valence-corrected chi connectivity index (χ0v) is 24.0. The van der Waals surface area contributed by atoms with Gasteiger partial charge < -0.3 is 19.8 Å². The van der Waals surface area contributed by atoms with Gasteiger partial charge in [0.2, 0.25) is 11.8 Å². The molecule has 3 heterocycles. The second-order valence-corrected chi connectivity index (χ2v) is 12.7. The van der Waals surface area contributed by atoms with Gasteiger partial charge in [0.15, 0.2) is 0 Å². The van der Waals surface area contributed by atoms with E-state index in [0.717, 1.165) is 12.8 Å². The molecule has 4 rings (SSSR count). The summed E-state index contributed by atoms with van der Waals surface area (Å²) in [6.07, 6.45) is 5.51. The third kappa shape index (κ3) is 4.58. The monoisotopic (exact) mass is 559 g/mol. The smallest absolute Gasteiger partial charge is 0.251 e. The van der Waals surface area contributed by atoms with Crippen LogP contribution in [0.4, 0.5) is 5.69 Å². The van der Waals surface area contributed by atoms with Crippen LogP contribution in [0.3, 0.4) is 0 Å². The van der Waals surface area contributed by atoms with E-state index in [2.05, 4.69) is 13.2 Å². The minimum absolute atomic E-state index is 0.0271. The molecule has 7 atom stereocenters. The van der Waals surface area contributed by atoms with Gasteiger partial charge in [-0.2, -0.15) is 0 Å². The first-order valence-corrected chi connectivity index (χ1v) is 14.6. The fourth-order valence-corrected chi connectivity index (χ4v) is 8.90. The molecule has 0 radical (unpaired) electrons. The Morgan fingerprint density at radius 2 is 1.89 bits per heavy atom. The SMILES string of the molecule is C=CCN(C)C(=O)[C@@H]1[C@@H]2CCC3(S2)C(C(=O)N(CC=C)c2ccc(Cl)cc2)N([C@@H](CO)[C@@H](C)CC)C(=O)[C@H]13. The van der Waals surface area contributed by atoms with Gasteiger partial charge in [0.05, 0.1) is 29.2 Å². The van der Waals surface area contributed by atoms with Crippen molar-refractivity contribution in [2.24, 2.45) is 17.8 Å². The molecule has 3 amide bonds. The predicted molar refractivity (Wildman–Crippen MR) is 153 cm³/mol. The Balaban J connectivity index is 1.83. The summed E-state index contributed by atoms with van der Waals surface area (Å²) in [5.41, 5.74) is 0.659. The van der Waals surface area contributed by atoms with Gasteiger partial charge in [-0.05, 0) is 43.0 Å². The highest BCUT2D eigenvalue weighted by Crippen LogP contribution is 2.67. The first kappa shape index (κ1) is 28.7. The molecule has 2 bridgehead atoms. The molecule has 1 aromatic rings. The zero-order valence-electron chi connectivity index (χ0n) is 22.4. The van der Waals surface area contributed by atoms with Gasteiger partial charge in [0.1, 0.15) is 6.04 Å². The predicted octanol–water partition coefficient (Wildman–Crippen LogP) is 4.00. The molecule has 3 saturated heterocycles. The zero-order chi connectivity index (χ0) is 27.8. The maximum atomic E-state index is 14.6. The molecule has 7 nitrogen and oxygen atoms in total. The van der Waals surface area contributed by atoms with E-state index in [1.165, 1.54) is 0 Å². The molecule has 3 fully saturated rings. The quantitative estimate of drug-likeness (QED) is 0.414. The highest BCUT2D eigenvalue weighted by atomic mass is 35.5. The highest BCUT2D eigenvalue weighted by molar-refractivity contribution is 8.02. The van der Waals surface area contributed by atoms with E-state index < -0.39 is 28.7 Å². The number of aliphatic hydroxyl groups is 1. The molecule has 2 unspecified atom stereocenters. The summed E-state index contributed by atoms with van der Waals surface area (Å²) in [7, 11) is 1.73. The van der Waals surface area contributed by atoms with Gasteiger partial charge >= 0.3 is 0 Å². The molecular formula is C29H38ClN3O4S. The van der Waals surface area contributed by atoms with Crippen LogP contribution in [0.2, 0.25) is 5.02 Å². The first-order chi connectivity index (χ1) is 18.2. The number of amides is 3. The lowest BCUT2D eigenvalue weighted by Crippen LogP contribution is -2.58. The fourth-order valence-electron chi connectivity index (χ4n) is 6.58. The number of benzene rings is 1. The van der Waals surface area contributed by atoms with Gasteiger partial charge in [-0.1, -0.05) is 44.0 Å². The van der Waals surface area contributed by atoms with E-state index >= 15 is 0 Å². The number of nitrogens with zero attached hydrogens (tertiary/aromatic N) is 3. The standard InChI is InChI=1S/C29H38ClN3O4S/c1-6-15-31(5)26(35)23-22-13-14-29(38-22)24(23)27(36)33(21(17-34)18(4)8-3)25(29)28(37)32(16-7-2)20-11-9-19(30)10-12-20/h6-7,9-12,18,21-25,34H,1-2,8,13-17H2,3-5H3/t18-,21-,22-,23+,24-,25?,29?/m0/s1. The second-order valence-electron chi connectivity index (χ2n) is 10.7. The number of thioether (sulfide) groups is 1. The molecule has 0 saturated carbocycles. The van der Waals surface area contributed by atoms with Crippen LogP contribution in [0.25, 0.3) is 0 Å². The summed E-state index contributed by atoms with van der Waals surface area (Å²) in [4.78, 5) is 47.5. The van der Waals surface area contributed by atoms with Gasteiger partial charge in [-0.25, -0.2) is 0 Å². The highest BCUT2D eigenvalue weighted by Gasteiger charge is 2.74. The van der Waals surface area contributed by atoms with E-state index in [1.54, 1.807) is 69.9 Å². The summed E-state index contributed by atoms with van der Waals surface area (Å²) in [5, 5.41) is 11.0. The van der Waals surface area contributed by atoms with E-state index in [-0.39, 0.29) is 42.0 Å². The van der Waals surface area contributed by atoms with Crippen molar-refractivity contribution in [3.05, 3.63) is 54.6 Å². The maximum absolute atomic E-state index is 14.6. The van der Waals surface area contributed by atoms with Crippen LogP contribution < -0.4 is 4.90 Å². The van der Waals surface area contributed by atoms with Crippen LogP contribution >= 0.6 is 23.4 Å². The van der Waals surface area contributed by atoms with Crippen LogP contribution in [0.1, 0.15) is 33.1 Å². The number of likely N-dealkylation sites (tertiary alicyclic amines) is 1. The molecule has 9 heteroatoms. The summed E-state index contributed by atoms with van der Waals surface area (Å²) in [6.45, 7) is 12.0. The Labute approximate surface area is 234 Å². The van der Waals surface area contributed by atoms with Gasteiger partial charge in [-0.3, -0.25) is 14.4 Å². The Bertz CT molecular complexity index is 1100. The van der Waals surface area contributed by atoms with Crippen molar-refractivity contribution in [3.8, 4) is 0 Å².